The summed E-state index contributed by atoms with van der Waals surface area (Å²) in [5.41, 5.74) is -0.148. The third-order valence-electron chi connectivity index (χ3n) is 2.06. The van der Waals surface area contributed by atoms with Gasteiger partial charge in [0.2, 0.25) is 0 Å². The van der Waals surface area contributed by atoms with Gasteiger partial charge in [-0.3, -0.25) is 4.79 Å². The third kappa shape index (κ3) is 1.59. The maximum atomic E-state index is 11.1. The number of methoxy groups -OCH3 is 1. The Kier molecular flexibility index (Phi) is 2.39. The van der Waals surface area contributed by atoms with Gasteiger partial charge in [-0.15, -0.1) is 0 Å². The lowest BCUT2D eigenvalue weighted by Gasteiger charge is -2.45. The molecule has 0 unspecified atom stereocenters. The van der Waals surface area contributed by atoms with Crippen molar-refractivity contribution in [1.29, 1.82) is 0 Å². The number of ether oxygens (including phenoxy) is 1. The van der Waals surface area contributed by atoms with E-state index in [9.17, 15) is 4.79 Å². The molecule has 1 amide bonds. The van der Waals surface area contributed by atoms with Crippen molar-refractivity contribution in [2.45, 2.75) is 19.4 Å². The molecule has 1 saturated heterocycles. The van der Waals surface area contributed by atoms with E-state index < -0.39 is 0 Å². The van der Waals surface area contributed by atoms with E-state index in [2.05, 4.69) is 11.8 Å². The van der Waals surface area contributed by atoms with E-state index in [4.69, 9.17) is 4.74 Å². The Labute approximate surface area is 72.7 Å². The molecule has 0 aliphatic carbocycles. The Morgan fingerprint density at radius 2 is 2.17 bits per heavy atom. The monoisotopic (exact) mass is 167 g/mol. The molecule has 0 spiro atoms. The van der Waals surface area contributed by atoms with Crippen LogP contribution in [-0.2, 0) is 9.53 Å². The summed E-state index contributed by atoms with van der Waals surface area (Å²) >= 11 is 0. The Hall–Kier alpha value is -1.01. The molecular weight excluding hydrogens is 154 g/mol. The van der Waals surface area contributed by atoms with Gasteiger partial charge in [-0.1, -0.05) is 5.92 Å². The molecule has 0 aromatic carbocycles. The second-order valence-corrected chi connectivity index (χ2v) is 3.19. The number of hydrogen-bond acceptors (Lipinski definition) is 2. The van der Waals surface area contributed by atoms with Gasteiger partial charge in [0.1, 0.15) is 5.60 Å². The Balaban J connectivity index is 2.42. The third-order valence-corrected chi connectivity index (χ3v) is 2.06. The standard InChI is InChI=1S/C9H13NO2/c1-4-5-8(11)10-6-9(2,7-10)12-3/h6-7H2,1-3H3. The molecule has 12 heavy (non-hydrogen) atoms. The second kappa shape index (κ2) is 3.16. The lowest BCUT2D eigenvalue weighted by atomic mass is 9.96. The number of hydrogen-bond donors (Lipinski definition) is 0. The highest BCUT2D eigenvalue weighted by Crippen LogP contribution is 2.23. The van der Waals surface area contributed by atoms with Crippen LogP contribution in [0.4, 0.5) is 0 Å². The molecule has 1 rings (SSSR count). The first-order chi connectivity index (χ1) is 5.61. The molecule has 66 valence electrons. The minimum absolute atomic E-state index is 0.105. The summed E-state index contributed by atoms with van der Waals surface area (Å²) < 4.78 is 5.19. The molecule has 0 radical (unpaired) electrons. The van der Waals surface area contributed by atoms with Crippen molar-refractivity contribution in [2.24, 2.45) is 0 Å². The van der Waals surface area contributed by atoms with Crippen LogP contribution in [0.1, 0.15) is 13.8 Å². The first kappa shape index (κ1) is 9.08. The molecule has 0 aromatic rings. The van der Waals surface area contributed by atoms with Crippen molar-refractivity contribution >= 4 is 5.91 Å². The van der Waals surface area contributed by atoms with Gasteiger partial charge in [0.25, 0.3) is 5.91 Å². The van der Waals surface area contributed by atoms with E-state index in [0.29, 0.717) is 13.1 Å². The quantitative estimate of drug-likeness (QED) is 0.524. The fraction of sp³-hybridized carbons (Fsp3) is 0.667. The summed E-state index contributed by atoms with van der Waals surface area (Å²) in [6, 6.07) is 0. The second-order valence-electron chi connectivity index (χ2n) is 3.19. The summed E-state index contributed by atoms with van der Waals surface area (Å²) in [5, 5.41) is 0. The average Bonchev–Trinajstić information content (AvgIpc) is 1.99. The lowest BCUT2D eigenvalue weighted by molar-refractivity contribution is -0.151. The van der Waals surface area contributed by atoms with Crippen molar-refractivity contribution in [3.05, 3.63) is 0 Å². The van der Waals surface area contributed by atoms with Crippen molar-refractivity contribution < 1.29 is 9.53 Å². The van der Waals surface area contributed by atoms with E-state index in [-0.39, 0.29) is 11.5 Å². The van der Waals surface area contributed by atoms with Crippen LogP contribution in [0, 0.1) is 11.8 Å². The number of carbonyl (C=O) groups is 1. The number of rotatable bonds is 1. The van der Waals surface area contributed by atoms with Crippen LogP contribution in [0.5, 0.6) is 0 Å². The van der Waals surface area contributed by atoms with Gasteiger partial charge < -0.3 is 9.64 Å². The zero-order valence-corrected chi connectivity index (χ0v) is 7.68. The van der Waals surface area contributed by atoms with E-state index in [0.717, 1.165) is 0 Å². The summed E-state index contributed by atoms with van der Waals surface area (Å²) in [4.78, 5) is 12.8. The van der Waals surface area contributed by atoms with Gasteiger partial charge in [-0.2, -0.15) is 0 Å². The van der Waals surface area contributed by atoms with E-state index in [1.807, 2.05) is 6.92 Å². The Bertz CT molecular complexity index is 243. The topological polar surface area (TPSA) is 29.5 Å². The molecule has 0 N–H and O–H groups in total. The highest BCUT2D eigenvalue weighted by molar-refractivity contribution is 5.94. The van der Waals surface area contributed by atoms with Gasteiger partial charge >= 0.3 is 0 Å². The number of amides is 1. The smallest absolute Gasteiger partial charge is 0.298 e. The summed E-state index contributed by atoms with van der Waals surface area (Å²) in [5.74, 6) is 4.97. The molecule has 3 nitrogen and oxygen atoms in total. The van der Waals surface area contributed by atoms with Crippen LogP contribution in [-0.4, -0.2) is 36.6 Å². The van der Waals surface area contributed by atoms with Gasteiger partial charge in [-0.25, -0.2) is 0 Å². The minimum Gasteiger partial charge on any atom is -0.375 e. The number of nitrogens with zero attached hydrogens (tertiary/aromatic N) is 1. The van der Waals surface area contributed by atoms with E-state index in [1.54, 1.807) is 18.9 Å². The Morgan fingerprint density at radius 1 is 1.58 bits per heavy atom. The molecule has 0 aromatic heterocycles. The SMILES string of the molecule is CC#CC(=O)N1CC(C)(OC)C1. The fourth-order valence-corrected chi connectivity index (χ4v) is 1.22. The number of carbonyl (C=O) groups excluding carboxylic acids is 1. The zero-order chi connectivity index (χ0) is 9.19. The van der Waals surface area contributed by atoms with Crippen LogP contribution in [0.2, 0.25) is 0 Å². The molecule has 0 saturated carbocycles. The maximum Gasteiger partial charge on any atom is 0.298 e. The highest BCUT2D eigenvalue weighted by atomic mass is 16.5. The fourth-order valence-electron chi connectivity index (χ4n) is 1.22. The Morgan fingerprint density at radius 3 is 2.58 bits per heavy atom. The van der Waals surface area contributed by atoms with Crippen LogP contribution in [0.25, 0.3) is 0 Å². The molecule has 1 heterocycles. The van der Waals surface area contributed by atoms with Gasteiger partial charge in [0.15, 0.2) is 0 Å². The van der Waals surface area contributed by atoms with Crippen molar-refractivity contribution in [2.75, 3.05) is 20.2 Å². The summed E-state index contributed by atoms with van der Waals surface area (Å²) in [6.45, 7) is 4.94. The van der Waals surface area contributed by atoms with Gasteiger partial charge in [0, 0.05) is 7.11 Å². The highest BCUT2D eigenvalue weighted by Gasteiger charge is 2.40. The number of likely N-dealkylation sites (tertiary alicyclic amines) is 1. The molecular formula is C9H13NO2. The lowest BCUT2D eigenvalue weighted by Crippen LogP contribution is -2.62. The van der Waals surface area contributed by atoms with E-state index in [1.165, 1.54) is 0 Å². The van der Waals surface area contributed by atoms with Crippen molar-refractivity contribution in [1.82, 2.24) is 4.90 Å². The summed E-state index contributed by atoms with van der Waals surface area (Å²) in [6.07, 6.45) is 0. The van der Waals surface area contributed by atoms with Crippen LogP contribution in [0.15, 0.2) is 0 Å². The zero-order valence-electron chi connectivity index (χ0n) is 7.68. The van der Waals surface area contributed by atoms with Crippen LogP contribution in [0.3, 0.4) is 0 Å². The molecule has 1 aliphatic heterocycles. The first-order valence-corrected chi connectivity index (χ1v) is 3.88. The normalized spacial score (nSPS) is 19.1. The average molecular weight is 167 g/mol. The maximum absolute atomic E-state index is 11.1. The largest absolute Gasteiger partial charge is 0.375 e. The van der Waals surface area contributed by atoms with Gasteiger partial charge in [-0.05, 0) is 19.8 Å². The minimum atomic E-state index is -0.148. The van der Waals surface area contributed by atoms with Crippen molar-refractivity contribution in [3.63, 3.8) is 0 Å². The predicted molar refractivity (Wildman–Crippen MR) is 45.4 cm³/mol. The molecule has 0 atom stereocenters. The van der Waals surface area contributed by atoms with Gasteiger partial charge in [0.05, 0.1) is 13.1 Å². The van der Waals surface area contributed by atoms with Crippen LogP contribution < -0.4 is 0 Å². The predicted octanol–water partition coefficient (Wildman–Crippen LogP) is 0.257. The molecule has 1 fully saturated rings. The molecule has 1 aliphatic rings. The van der Waals surface area contributed by atoms with Crippen molar-refractivity contribution in [3.8, 4) is 11.8 Å². The van der Waals surface area contributed by atoms with E-state index >= 15 is 0 Å². The summed E-state index contributed by atoms with van der Waals surface area (Å²) in [7, 11) is 1.66. The molecule has 0 bridgehead atoms. The molecule has 3 heteroatoms. The van der Waals surface area contributed by atoms with Crippen LogP contribution >= 0.6 is 0 Å². The first-order valence-electron chi connectivity index (χ1n) is 3.88.